The molecular weight excluding hydrogens is 448 g/mol. The second-order valence-corrected chi connectivity index (χ2v) is 10.8. The van der Waals surface area contributed by atoms with E-state index in [0.29, 0.717) is 12.8 Å². The van der Waals surface area contributed by atoms with Crippen molar-refractivity contribution in [3.8, 4) is 0 Å². The molecule has 0 saturated heterocycles. The lowest BCUT2D eigenvalue weighted by Crippen LogP contribution is -2.18. The number of rotatable bonds is 27. The molecule has 0 saturated carbocycles. The number of carbonyl (C=O) groups is 2. The fraction of sp³-hybridized carbons (Fsp3) is 0.938. The van der Waals surface area contributed by atoms with Crippen molar-refractivity contribution >= 4 is 11.9 Å². The van der Waals surface area contributed by atoms with Crippen molar-refractivity contribution in [3.63, 3.8) is 0 Å². The summed E-state index contributed by atoms with van der Waals surface area (Å²) in [6.07, 6.45) is 25.9. The van der Waals surface area contributed by atoms with Gasteiger partial charge in [-0.3, -0.25) is 9.59 Å². The van der Waals surface area contributed by atoms with Gasteiger partial charge in [0, 0.05) is 12.8 Å². The van der Waals surface area contributed by atoms with Gasteiger partial charge in [0.25, 0.3) is 0 Å². The molecule has 214 valence electrons. The molecule has 0 aliphatic carbocycles. The summed E-state index contributed by atoms with van der Waals surface area (Å²) in [7, 11) is 0. The van der Waals surface area contributed by atoms with Crippen LogP contribution in [0, 0.1) is 0 Å². The van der Waals surface area contributed by atoms with Crippen LogP contribution in [-0.2, 0) is 19.1 Å². The zero-order valence-electron chi connectivity index (χ0n) is 24.8. The number of carbonyl (C=O) groups excluding carboxylic acids is 2. The predicted molar refractivity (Wildman–Crippen MR) is 153 cm³/mol. The highest BCUT2D eigenvalue weighted by atomic mass is 16.5. The van der Waals surface area contributed by atoms with E-state index in [1.54, 1.807) is 0 Å². The molecule has 0 fully saturated rings. The molecule has 0 aliphatic rings. The van der Waals surface area contributed by atoms with Crippen LogP contribution < -0.4 is 0 Å². The molecule has 0 heterocycles. The molecule has 4 heteroatoms. The molecule has 0 radical (unpaired) electrons. The summed E-state index contributed by atoms with van der Waals surface area (Å²) in [6.45, 7) is 8.85. The number of ether oxygens (including phenoxy) is 2. The van der Waals surface area contributed by atoms with Gasteiger partial charge in [0.2, 0.25) is 0 Å². The lowest BCUT2D eigenvalue weighted by Gasteiger charge is -2.18. The van der Waals surface area contributed by atoms with Gasteiger partial charge < -0.3 is 9.47 Å². The Balaban J connectivity index is 3.92. The van der Waals surface area contributed by atoms with Crippen molar-refractivity contribution in [1.29, 1.82) is 0 Å². The third kappa shape index (κ3) is 23.3. The fourth-order valence-electron chi connectivity index (χ4n) is 4.75. The molecule has 0 aromatic heterocycles. The molecular formula is C32H62O4. The summed E-state index contributed by atoms with van der Waals surface area (Å²) in [4.78, 5) is 24.6. The van der Waals surface area contributed by atoms with Gasteiger partial charge in [-0.1, -0.05) is 105 Å². The Morgan fingerprint density at radius 3 is 0.972 bits per heavy atom. The second-order valence-electron chi connectivity index (χ2n) is 10.8. The number of esters is 2. The first-order chi connectivity index (χ1) is 17.6. The van der Waals surface area contributed by atoms with E-state index < -0.39 is 0 Å². The summed E-state index contributed by atoms with van der Waals surface area (Å²) in [5.74, 6) is -0.0219. The Labute approximate surface area is 225 Å². The van der Waals surface area contributed by atoms with Gasteiger partial charge in [0.1, 0.15) is 12.2 Å². The molecule has 0 unspecified atom stereocenters. The van der Waals surface area contributed by atoms with Gasteiger partial charge in [-0.15, -0.1) is 0 Å². The summed E-state index contributed by atoms with van der Waals surface area (Å²) in [5.41, 5.74) is 0. The summed E-state index contributed by atoms with van der Waals surface area (Å²) in [6, 6.07) is 0. The smallest absolute Gasteiger partial charge is 0.306 e. The van der Waals surface area contributed by atoms with Crippen LogP contribution in [0.1, 0.15) is 182 Å². The van der Waals surface area contributed by atoms with E-state index in [0.717, 1.165) is 89.9 Å². The van der Waals surface area contributed by atoms with Gasteiger partial charge in [-0.2, -0.15) is 0 Å². The maximum absolute atomic E-state index is 12.3. The van der Waals surface area contributed by atoms with Crippen molar-refractivity contribution in [2.24, 2.45) is 0 Å². The molecule has 0 N–H and O–H groups in total. The van der Waals surface area contributed by atoms with Crippen LogP contribution in [0.15, 0.2) is 0 Å². The van der Waals surface area contributed by atoms with E-state index >= 15 is 0 Å². The highest BCUT2D eigenvalue weighted by Crippen LogP contribution is 2.18. The Kier molecular flexibility index (Phi) is 26.2. The van der Waals surface area contributed by atoms with E-state index in [2.05, 4.69) is 27.7 Å². The molecule has 0 bridgehead atoms. The molecule has 0 rings (SSSR count). The molecule has 4 nitrogen and oxygen atoms in total. The van der Waals surface area contributed by atoms with E-state index in [9.17, 15) is 9.59 Å². The third-order valence-electron chi connectivity index (χ3n) is 7.13. The maximum Gasteiger partial charge on any atom is 0.306 e. The van der Waals surface area contributed by atoms with Gasteiger partial charge in [-0.25, -0.2) is 0 Å². The standard InChI is InChI=1S/C32H62O4/c1-5-9-17-23-29(24-18-10-6-2)35-31(33)27-21-15-13-14-16-22-28-32(34)36-30(25-19-11-7-3)26-20-12-8-4/h29-30H,5-28H2,1-4H3. The summed E-state index contributed by atoms with van der Waals surface area (Å²) >= 11 is 0. The first-order valence-corrected chi connectivity index (χ1v) is 16.0. The van der Waals surface area contributed by atoms with Crippen LogP contribution in [0.4, 0.5) is 0 Å². The summed E-state index contributed by atoms with van der Waals surface area (Å²) in [5, 5.41) is 0. The van der Waals surface area contributed by atoms with Gasteiger partial charge in [0.15, 0.2) is 0 Å². The minimum Gasteiger partial charge on any atom is -0.462 e. The predicted octanol–water partition coefficient (Wildman–Crippen LogP) is 10.3. The Morgan fingerprint density at radius 2 is 0.694 bits per heavy atom. The van der Waals surface area contributed by atoms with E-state index in [-0.39, 0.29) is 24.1 Å². The third-order valence-corrected chi connectivity index (χ3v) is 7.13. The number of hydrogen-bond donors (Lipinski definition) is 0. The molecule has 0 spiro atoms. The zero-order valence-corrected chi connectivity index (χ0v) is 24.8. The SMILES string of the molecule is CCCCCC(CCCCC)OC(=O)CCCCCCCCC(=O)OC(CCCCC)CCCCC. The van der Waals surface area contributed by atoms with Crippen molar-refractivity contribution in [1.82, 2.24) is 0 Å². The van der Waals surface area contributed by atoms with Crippen LogP contribution in [0.5, 0.6) is 0 Å². The number of unbranched alkanes of at least 4 members (excludes halogenated alkanes) is 13. The topological polar surface area (TPSA) is 52.6 Å². The largest absolute Gasteiger partial charge is 0.462 e. The van der Waals surface area contributed by atoms with Gasteiger partial charge in [0.05, 0.1) is 0 Å². The average Bonchev–Trinajstić information content (AvgIpc) is 2.86. The minimum absolute atomic E-state index is 0.0110. The van der Waals surface area contributed by atoms with Crippen LogP contribution in [0.3, 0.4) is 0 Å². The van der Waals surface area contributed by atoms with Crippen LogP contribution >= 0.6 is 0 Å². The minimum atomic E-state index is -0.0110. The monoisotopic (exact) mass is 510 g/mol. The second kappa shape index (κ2) is 27.0. The van der Waals surface area contributed by atoms with Gasteiger partial charge >= 0.3 is 11.9 Å². The number of hydrogen-bond acceptors (Lipinski definition) is 4. The van der Waals surface area contributed by atoms with E-state index in [4.69, 9.17) is 9.47 Å². The maximum atomic E-state index is 12.3. The molecule has 0 amide bonds. The Bertz CT molecular complexity index is 427. The molecule has 0 atom stereocenters. The van der Waals surface area contributed by atoms with E-state index in [1.165, 1.54) is 51.4 Å². The highest BCUT2D eigenvalue weighted by Gasteiger charge is 2.15. The van der Waals surface area contributed by atoms with Crippen LogP contribution in [-0.4, -0.2) is 24.1 Å². The Morgan fingerprint density at radius 1 is 0.417 bits per heavy atom. The molecule has 0 aromatic carbocycles. The molecule has 0 aliphatic heterocycles. The van der Waals surface area contributed by atoms with Gasteiger partial charge in [-0.05, 0) is 64.2 Å². The Hall–Kier alpha value is -1.06. The first kappa shape index (κ1) is 34.9. The lowest BCUT2D eigenvalue weighted by atomic mass is 10.0. The average molecular weight is 511 g/mol. The van der Waals surface area contributed by atoms with Crippen molar-refractivity contribution in [2.75, 3.05) is 0 Å². The summed E-state index contributed by atoms with van der Waals surface area (Å²) < 4.78 is 11.6. The van der Waals surface area contributed by atoms with Crippen molar-refractivity contribution < 1.29 is 19.1 Å². The normalized spacial score (nSPS) is 11.4. The van der Waals surface area contributed by atoms with Crippen molar-refractivity contribution in [3.05, 3.63) is 0 Å². The first-order valence-electron chi connectivity index (χ1n) is 16.0. The van der Waals surface area contributed by atoms with Crippen LogP contribution in [0.2, 0.25) is 0 Å². The molecule has 36 heavy (non-hydrogen) atoms. The quantitative estimate of drug-likeness (QED) is 0.0814. The fourth-order valence-corrected chi connectivity index (χ4v) is 4.75. The van der Waals surface area contributed by atoms with Crippen molar-refractivity contribution in [2.45, 2.75) is 194 Å². The highest BCUT2D eigenvalue weighted by molar-refractivity contribution is 5.69. The lowest BCUT2D eigenvalue weighted by molar-refractivity contribution is -0.151. The van der Waals surface area contributed by atoms with Crippen LogP contribution in [0.25, 0.3) is 0 Å². The van der Waals surface area contributed by atoms with E-state index in [1.807, 2.05) is 0 Å². The molecule has 0 aromatic rings. The zero-order chi connectivity index (χ0) is 26.7.